The van der Waals surface area contributed by atoms with E-state index in [4.69, 9.17) is 0 Å². The molecule has 1 heterocycles. The fraction of sp³-hybridized carbons (Fsp3) is 0.259. The number of nitrogens with one attached hydrogen (secondary N) is 1. The summed E-state index contributed by atoms with van der Waals surface area (Å²) in [5.74, 6) is -0.695. The first-order valence-electron chi connectivity index (χ1n) is 11.2. The highest BCUT2D eigenvalue weighted by Gasteiger charge is 2.25. The van der Waals surface area contributed by atoms with E-state index in [0.29, 0.717) is 17.7 Å². The molecule has 3 aromatic carbocycles. The molecular formula is C27H26BrFN2O2. The number of hydrogen-bond acceptors (Lipinski definition) is 2. The SMILES string of the molecule is CCc1cc(Br)cc(CC)c1NC(=O)c1ccc2c(c1)CCCN2C(=O)c1ccc(F)cc1. The van der Waals surface area contributed by atoms with Crippen LogP contribution in [0.15, 0.2) is 59.1 Å². The van der Waals surface area contributed by atoms with Gasteiger partial charge in [-0.05, 0) is 97.0 Å². The number of carbonyl (C=O) groups is 2. The zero-order chi connectivity index (χ0) is 23.5. The molecule has 2 amide bonds. The summed E-state index contributed by atoms with van der Waals surface area (Å²) in [5.41, 5.74) is 5.83. The van der Waals surface area contributed by atoms with Crippen LogP contribution in [-0.4, -0.2) is 18.4 Å². The Kier molecular flexibility index (Phi) is 6.94. The maximum atomic E-state index is 13.3. The van der Waals surface area contributed by atoms with Crippen LogP contribution in [0.1, 0.15) is 57.7 Å². The highest BCUT2D eigenvalue weighted by atomic mass is 79.9. The second kappa shape index (κ2) is 9.87. The van der Waals surface area contributed by atoms with E-state index < -0.39 is 0 Å². The Morgan fingerprint density at radius 1 is 0.970 bits per heavy atom. The molecule has 0 bridgehead atoms. The standard InChI is InChI=1S/C27H26BrFN2O2/c1-3-17-15-22(28)16-18(4-2)25(17)30-26(32)21-9-12-24-20(14-21)6-5-13-31(24)27(33)19-7-10-23(29)11-8-19/h7-12,14-16H,3-6,13H2,1-2H3,(H,30,32). The van der Waals surface area contributed by atoms with Crippen molar-refractivity contribution in [1.82, 2.24) is 0 Å². The molecule has 3 aromatic rings. The molecule has 0 radical (unpaired) electrons. The van der Waals surface area contributed by atoms with Crippen molar-refractivity contribution in [3.63, 3.8) is 0 Å². The van der Waals surface area contributed by atoms with Gasteiger partial charge < -0.3 is 10.2 Å². The average Bonchev–Trinajstić information content (AvgIpc) is 2.83. The second-order valence-electron chi connectivity index (χ2n) is 8.17. The van der Waals surface area contributed by atoms with Crippen molar-refractivity contribution in [3.05, 3.63) is 92.7 Å². The van der Waals surface area contributed by atoms with Crippen molar-refractivity contribution in [2.75, 3.05) is 16.8 Å². The van der Waals surface area contributed by atoms with E-state index in [-0.39, 0.29) is 17.6 Å². The third-order valence-electron chi connectivity index (χ3n) is 6.06. The monoisotopic (exact) mass is 508 g/mol. The number of amides is 2. The fourth-order valence-corrected chi connectivity index (χ4v) is 4.88. The number of fused-ring (bicyclic) bond motifs is 1. The van der Waals surface area contributed by atoms with Crippen molar-refractivity contribution < 1.29 is 14.0 Å². The average molecular weight is 509 g/mol. The zero-order valence-corrected chi connectivity index (χ0v) is 20.3. The van der Waals surface area contributed by atoms with Gasteiger partial charge in [0.1, 0.15) is 5.82 Å². The minimum Gasteiger partial charge on any atom is -0.321 e. The molecule has 0 unspecified atom stereocenters. The molecule has 1 aliphatic rings. The smallest absolute Gasteiger partial charge is 0.258 e. The molecule has 4 nitrogen and oxygen atoms in total. The van der Waals surface area contributed by atoms with Gasteiger partial charge in [-0.2, -0.15) is 0 Å². The quantitative estimate of drug-likeness (QED) is 0.424. The molecular weight excluding hydrogens is 483 g/mol. The first-order valence-corrected chi connectivity index (χ1v) is 12.0. The van der Waals surface area contributed by atoms with Crippen LogP contribution in [0.3, 0.4) is 0 Å². The molecule has 0 saturated carbocycles. The normalized spacial score (nSPS) is 12.9. The van der Waals surface area contributed by atoms with E-state index in [2.05, 4.69) is 35.1 Å². The Bertz CT molecular complexity index is 1180. The number of hydrogen-bond donors (Lipinski definition) is 1. The Labute approximate surface area is 201 Å². The number of rotatable bonds is 5. The third kappa shape index (κ3) is 4.86. The second-order valence-corrected chi connectivity index (χ2v) is 9.09. The third-order valence-corrected chi connectivity index (χ3v) is 6.52. The van der Waals surface area contributed by atoms with Gasteiger partial charge in [0.25, 0.3) is 11.8 Å². The van der Waals surface area contributed by atoms with Crippen molar-refractivity contribution in [2.24, 2.45) is 0 Å². The molecule has 170 valence electrons. The first-order chi connectivity index (χ1) is 15.9. The van der Waals surface area contributed by atoms with Crippen LogP contribution in [-0.2, 0) is 19.3 Å². The predicted octanol–water partition coefficient (Wildman–Crippen LogP) is 6.56. The summed E-state index contributed by atoms with van der Waals surface area (Å²) in [6.07, 6.45) is 3.22. The van der Waals surface area contributed by atoms with Crippen molar-refractivity contribution in [3.8, 4) is 0 Å². The summed E-state index contributed by atoms with van der Waals surface area (Å²) in [6.45, 7) is 4.73. The predicted molar refractivity (Wildman–Crippen MR) is 134 cm³/mol. The Balaban J connectivity index is 1.60. The molecule has 0 saturated heterocycles. The highest BCUT2D eigenvalue weighted by Crippen LogP contribution is 2.31. The summed E-state index contributed by atoms with van der Waals surface area (Å²) < 4.78 is 14.3. The molecule has 0 aliphatic carbocycles. The molecule has 6 heteroatoms. The number of anilines is 2. The number of halogens is 2. The van der Waals surface area contributed by atoms with Gasteiger partial charge in [0, 0.05) is 33.5 Å². The lowest BCUT2D eigenvalue weighted by molar-refractivity contribution is 0.0984. The van der Waals surface area contributed by atoms with E-state index in [1.807, 2.05) is 24.3 Å². The van der Waals surface area contributed by atoms with E-state index in [0.717, 1.165) is 58.2 Å². The topological polar surface area (TPSA) is 49.4 Å². The van der Waals surface area contributed by atoms with E-state index >= 15 is 0 Å². The number of nitrogens with zero attached hydrogens (tertiary/aromatic N) is 1. The summed E-state index contributed by atoms with van der Waals surface area (Å²) >= 11 is 3.56. The zero-order valence-electron chi connectivity index (χ0n) is 18.8. The van der Waals surface area contributed by atoms with Gasteiger partial charge in [-0.1, -0.05) is 29.8 Å². The lowest BCUT2D eigenvalue weighted by atomic mass is 9.97. The Morgan fingerprint density at radius 2 is 1.61 bits per heavy atom. The first kappa shape index (κ1) is 23.2. The van der Waals surface area contributed by atoms with Gasteiger partial charge in [0.05, 0.1) is 0 Å². The fourth-order valence-electron chi connectivity index (χ4n) is 4.33. The number of carbonyl (C=O) groups excluding carboxylic acids is 2. The molecule has 0 atom stereocenters. The minimum atomic E-state index is -0.371. The molecule has 1 aliphatic heterocycles. The summed E-state index contributed by atoms with van der Waals surface area (Å²) in [6, 6.07) is 15.2. The summed E-state index contributed by atoms with van der Waals surface area (Å²) in [4.78, 5) is 27.9. The lowest BCUT2D eigenvalue weighted by Gasteiger charge is -2.30. The summed E-state index contributed by atoms with van der Waals surface area (Å²) in [7, 11) is 0. The minimum absolute atomic E-state index is 0.161. The van der Waals surface area contributed by atoms with Gasteiger partial charge in [-0.3, -0.25) is 9.59 Å². The molecule has 0 spiro atoms. The van der Waals surface area contributed by atoms with Crippen LogP contribution >= 0.6 is 15.9 Å². The van der Waals surface area contributed by atoms with Crippen LogP contribution in [0.2, 0.25) is 0 Å². The van der Waals surface area contributed by atoms with Gasteiger partial charge in [-0.15, -0.1) is 0 Å². The van der Waals surface area contributed by atoms with Crippen molar-refractivity contribution in [2.45, 2.75) is 39.5 Å². The molecule has 1 N–H and O–H groups in total. The maximum absolute atomic E-state index is 13.3. The van der Waals surface area contributed by atoms with Gasteiger partial charge in [-0.25, -0.2) is 4.39 Å². The molecule has 4 rings (SSSR count). The lowest BCUT2D eigenvalue weighted by Crippen LogP contribution is -2.35. The van der Waals surface area contributed by atoms with Crippen molar-refractivity contribution in [1.29, 1.82) is 0 Å². The van der Waals surface area contributed by atoms with Gasteiger partial charge in [0.2, 0.25) is 0 Å². The van der Waals surface area contributed by atoms with Crippen LogP contribution in [0.5, 0.6) is 0 Å². The summed E-state index contributed by atoms with van der Waals surface area (Å²) in [5, 5.41) is 3.12. The van der Waals surface area contributed by atoms with E-state index in [9.17, 15) is 14.0 Å². The highest BCUT2D eigenvalue weighted by molar-refractivity contribution is 9.10. The van der Waals surface area contributed by atoms with E-state index in [1.165, 1.54) is 24.3 Å². The number of benzene rings is 3. The molecule has 0 aromatic heterocycles. The van der Waals surface area contributed by atoms with Gasteiger partial charge >= 0.3 is 0 Å². The van der Waals surface area contributed by atoms with Crippen molar-refractivity contribution >= 4 is 39.1 Å². The molecule has 33 heavy (non-hydrogen) atoms. The Hall–Kier alpha value is -2.99. The van der Waals surface area contributed by atoms with Crippen LogP contribution < -0.4 is 10.2 Å². The maximum Gasteiger partial charge on any atom is 0.258 e. The van der Waals surface area contributed by atoms with Crippen LogP contribution in [0.4, 0.5) is 15.8 Å². The largest absolute Gasteiger partial charge is 0.321 e. The number of aryl methyl sites for hydroxylation is 3. The van der Waals surface area contributed by atoms with E-state index in [1.54, 1.807) is 11.0 Å². The molecule has 0 fully saturated rings. The van der Waals surface area contributed by atoms with Gasteiger partial charge in [0.15, 0.2) is 0 Å². The van der Waals surface area contributed by atoms with Crippen LogP contribution in [0.25, 0.3) is 0 Å². The Morgan fingerprint density at radius 3 is 2.24 bits per heavy atom. The van der Waals surface area contributed by atoms with Crippen LogP contribution in [0, 0.1) is 5.82 Å².